The van der Waals surface area contributed by atoms with Gasteiger partial charge in [0.25, 0.3) is 0 Å². The van der Waals surface area contributed by atoms with Crippen molar-refractivity contribution in [1.29, 1.82) is 0 Å². The largest absolute Gasteiger partial charge is 0.360 e. The second kappa shape index (κ2) is 3.62. The van der Waals surface area contributed by atoms with Crippen LogP contribution in [0, 0.1) is 3.57 Å². The van der Waals surface area contributed by atoms with Gasteiger partial charge in [0.15, 0.2) is 0 Å². The van der Waals surface area contributed by atoms with Crippen molar-refractivity contribution in [3.63, 3.8) is 0 Å². The fraction of sp³-hybridized carbons (Fsp3) is 0.0833. The van der Waals surface area contributed by atoms with E-state index in [4.69, 9.17) is 0 Å². The lowest BCUT2D eigenvalue weighted by Gasteiger charge is -1.98. The topological polar surface area (TPSA) is 33.6 Å². The van der Waals surface area contributed by atoms with Crippen LogP contribution < -0.4 is 0 Å². The van der Waals surface area contributed by atoms with E-state index in [0.29, 0.717) is 0 Å². The summed E-state index contributed by atoms with van der Waals surface area (Å²) >= 11 is 2.34. The highest BCUT2D eigenvalue weighted by atomic mass is 127. The van der Waals surface area contributed by atoms with E-state index in [9.17, 15) is 0 Å². The van der Waals surface area contributed by atoms with Crippen LogP contribution in [0.4, 0.5) is 0 Å². The van der Waals surface area contributed by atoms with Crippen LogP contribution in [0.25, 0.3) is 22.0 Å². The van der Waals surface area contributed by atoms with Crippen LogP contribution in [-0.4, -0.2) is 14.8 Å². The highest BCUT2D eigenvalue weighted by Crippen LogP contribution is 2.26. The fourth-order valence-electron chi connectivity index (χ4n) is 1.84. The van der Waals surface area contributed by atoms with Gasteiger partial charge in [0, 0.05) is 39.5 Å². The summed E-state index contributed by atoms with van der Waals surface area (Å²) < 4.78 is 3.07. The molecule has 0 aliphatic carbocycles. The molecule has 0 amide bonds. The highest BCUT2D eigenvalue weighted by molar-refractivity contribution is 14.1. The maximum atomic E-state index is 4.19. The highest BCUT2D eigenvalue weighted by Gasteiger charge is 2.04. The molecule has 0 unspecified atom stereocenters. The van der Waals surface area contributed by atoms with Gasteiger partial charge in [-0.05, 0) is 40.3 Å². The van der Waals surface area contributed by atoms with Crippen molar-refractivity contribution in [2.24, 2.45) is 7.05 Å². The molecule has 0 aliphatic heterocycles. The van der Waals surface area contributed by atoms with E-state index in [-0.39, 0.29) is 0 Å². The van der Waals surface area contributed by atoms with Gasteiger partial charge in [0.2, 0.25) is 0 Å². The third kappa shape index (κ3) is 1.53. The Morgan fingerprint density at radius 2 is 2.19 bits per heavy atom. The van der Waals surface area contributed by atoms with Gasteiger partial charge in [-0.1, -0.05) is 6.07 Å². The molecule has 4 heteroatoms. The van der Waals surface area contributed by atoms with Crippen molar-refractivity contribution >= 4 is 33.5 Å². The molecule has 0 saturated heterocycles. The molecule has 80 valence electrons. The van der Waals surface area contributed by atoms with Crippen LogP contribution in [-0.2, 0) is 7.05 Å². The molecule has 0 spiro atoms. The molecule has 0 saturated carbocycles. The molecule has 0 bridgehead atoms. The third-order valence-corrected chi connectivity index (χ3v) is 3.56. The molecule has 2 heterocycles. The number of H-pyrrole nitrogens is 1. The van der Waals surface area contributed by atoms with Crippen LogP contribution in [0.1, 0.15) is 0 Å². The van der Waals surface area contributed by atoms with Crippen molar-refractivity contribution in [2.75, 3.05) is 0 Å². The molecule has 1 aromatic carbocycles. The summed E-state index contributed by atoms with van der Waals surface area (Å²) in [7, 11) is 1.93. The summed E-state index contributed by atoms with van der Waals surface area (Å²) in [6.07, 6.45) is 5.94. The maximum Gasteiger partial charge on any atom is 0.0568 e. The summed E-state index contributed by atoms with van der Waals surface area (Å²) in [6, 6.07) is 6.43. The first kappa shape index (κ1) is 9.89. The number of fused-ring (bicyclic) bond motifs is 1. The zero-order chi connectivity index (χ0) is 11.1. The van der Waals surface area contributed by atoms with E-state index in [0.717, 1.165) is 5.56 Å². The summed E-state index contributed by atoms with van der Waals surface area (Å²) in [5.41, 5.74) is 3.54. The Balaban J connectivity index is 2.21. The van der Waals surface area contributed by atoms with Crippen LogP contribution in [0.15, 0.2) is 36.8 Å². The smallest absolute Gasteiger partial charge is 0.0568 e. The van der Waals surface area contributed by atoms with E-state index in [1.54, 1.807) is 0 Å². The molecule has 3 rings (SSSR count). The minimum absolute atomic E-state index is 1.15. The monoisotopic (exact) mass is 323 g/mol. The van der Waals surface area contributed by atoms with Crippen LogP contribution in [0.2, 0.25) is 0 Å². The van der Waals surface area contributed by atoms with Crippen LogP contribution in [0.5, 0.6) is 0 Å². The number of nitrogens with one attached hydrogen (secondary N) is 1. The first-order valence-electron chi connectivity index (χ1n) is 5.00. The predicted octanol–water partition coefficient (Wildman–Crippen LogP) is 3.17. The Morgan fingerprint density at radius 1 is 1.31 bits per heavy atom. The Hall–Kier alpha value is -1.30. The van der Waals surface area contributed by atoms with Crippen molar-refractivity contribution in [3.8, 4) is 11.1 Å². The minimum Gasteiger partial charge on any atom is -0.360 e. The molecule has 2 aromatic heterocycles. The van der Waals surface area contributed by atoms with E-state index in [2.05, 4.69) is 50.9 Å². The molecule has 3 nitrogen and oxygen atoms in total. The van der Waals surface area contributed by atoms with Crippen molar-refractivity contribution < 1.29 is 0 Å². The number of hydrogen-bond donors (Lipinski definition) is 1. The van der Waals surface area contributed by atoms with Crippen molar-refractivity contribution in [3.05, 3.63) is 40.4 Å². The van der Waals surface area contributed by atoms with E-state index in [1.165, 1.54) is 20.0 Å². The first-order chi connectivity index (χ1) is 7.74. The van der Waals surface area contributed by atoms with Gasteiger partial charge in [0.05, 0.1) is 6.20 Å². The van der Waals surface area contributed by atoms with Gasteiger partial charge >= 0.3 is 0 Å². The molecule has 3 aromatic rings. The second-order valence-corrected chi connectivity index (χ2v) is 4.96. The van der Waals surface area contributed by atoms with E-state index >= 15 is 0 Å². The van der Waals surface area contributed by atoms with Gasteiger partial charge in [-0.25, -0.2) is 0 Å². The zero-order valence-electron chi connectivity index (χ0n) is 8.74. The van der Waals surface area contributed by atoms with Gasteiger partial charge in [-0.3, -0.25) is 4.68 Å². The number of aromatic amines is 1. The maximum absolute atomic E-state index is 4.19. The lowest BCUT2D eigenvalue weighted by molar-refractivity contribution is 0.768. The molecule has 16 heavy (non-hydrogen) atoms. The molecule has 0 radical (unpaired) electrons. The van der Waals surface area contributed by atoms with Crippen LogP contribution in [0.3, 0.4) is 0 Å². The van der Waals surface area contributed by atoms with Gasteiger partial charge < -0.3 is 4.98 Å². The Morgan fingerprint density at radius 3 is 2.94 bits per heavy atom. The molecule has 1 N–H and O–H groups in total. The normalized spacial score (nSPS) is 11.1. The van der Waals surface area contributed by atoms with Gasteiger partial charge in [-0.15, -0.1) is 0 Å². The van der Waals surface area contributed by atoms with Gasteiger partial charge in [0.1, 0.15) is 0 Å². The summed E-state index contributed by atoms with van der Waals surface area (Å²) in [5.74, 6) is 0. The quantitative estimate of drug-likeness (QED) is 0.686. The average molecular weight is 323 g/mol. The lowest BCUT2D eigenvalue weighted by atomic mass is 10.1. The second-order valence-electron chi connectivity index (χ2n) is 3.80. The first-order valence-corrected chi connectivity index (χ1v) is 6.07. The average Bonchev–Trinajstić information content (AvgIpc) is 2.86. The summed E-state index contributed by atoms with van der Waals surface area (Å²) in [5, 5.41) is 5.46. The summed E-state index contributed by atoms with van der Waals surface area (Å²) in [6.45, 7) is 0. The standard InChI is InChI=1S/C12H10IN3/c1-16-7-9(5-15-16)8-2-3-12-10(4-8)11(13)6-14-12/h2-7,14H,1H3. The van der Waals surface area contributed by atoms with Crippen molar-refractivity contribution in [1.82, 2.24) is 14.8 Å². The van der Waals surface area contributed by atoms with E-state index < -0.39 is 0 Å². The molecular weight excluding hydrogens is 313 g/mol. The molecule has 0 aliphatic rings. The fourth-order valence-corrected chi connectivity index (χ4v) is 2.44. The number of hydrogen-bond acceptors (Lipinski definition) is 1. The molecule has 0 fully saturated rings. The van der Waals surface area contributed by atoms with Gasteiger partial charge in [-0.2, -0.15) is 5.10 Å². The third-order valence-electron chi connectivity index (χ3n) is 2.67. The Labute approximate surface area is 107 Å². The van der Waals surface area contributed by atoms with Crippen LogP contribution >= 0.6 is 22.6 Å². The number of halogens is 1. The minimum atomic E-state index is 1.15. The SMILES string of the molecule is Cn1cc(-c2ccc3[nH]cc(I)c3c2)cn1. The zero-order valence-corrected chi connectivity index (χ0v) is 10.9. The Bertz CT molecular complexity index is 651. The molecule has 0 atom stereocenters. The number of aromatic nitrogens is 3. The lowest BCUT2D eigenvalue weighted by Crippen LogP contribution is -1.84. The molecular formula is C12H10IN3. The number of benzene rings is 1. The van der Waals surface area contributed by atoms with Crippen molar-refractivity contribution in [2.45, 2.75) is 0 Å². The summed E-state index contributed by atoms with van der Waals surface area (Å²) in [4.78, 5) is 3.24. The Kier molecular flexibility index (Phi) is 2.24. The van der Waals surface area contributed by atoms with E-state index in [1.807, 2.05) is 30.3 Å². The number of rotatable bonds is 1. The number of nitrogens with zero attached hydrogens (tertiary/aromatic N) is 2. The predicted molar refractivity (Wildman–Crippen MR) is 73.2 cm³/mol. The number of aryl methyl sites for hydroxylation is 1.